The van der Waals surface area contributed by atoms with Crippen LogP contribution in [0.5, 0.6) is 0 Å². The Labute approximate surface area is 460 Å². The van der Waals surface area contributed by atoms with Crippen LogP contribution in [0, 0.1) is 41.5 Å². The molecule has 12 aromatic carbocycles. The van der Waals surface area contributed by atoms with Crippen molar-refractivity contribution in [2.45, 2.75) is 47.0 Å². The molecule has 0 aliphatic heterocycles. The highest BCUT2D eigenvalue weighted by Gasteiger charge is 2.49. The van der Waals surface area contributed by atoms with E-state index in [1.807, 2.05) is 0 Å². The molecular formula is C75H56N2O2. The summed E-state index contributed by atoms with van der Waals surface area (Å²) < 4.78 is 14.0. The summed E-state index contributed by atoms with van der Waals surface area (Å²) in [5.74, 6) is 0. The van der Waals surface area contributed by atoms with Gasteiger partial charge in [0.05, 0.1) is 28.2 Å². The van der Waals surface area contributed by atoms with Gasteiger partial charge in [-0.15, -0.1) is 0 Å². The average Bonchev–Trinajstić information content (AvgIpc) is 3.80. The second-order valence-corrected chi connectivity index (χ2v) is 21.8. The summed E-state index contributed by atoms with van der Waals surface area (Å²) in [5, 5.41) is 9.01. The molecule has 4 heteroatoms. The van der Waals surface area contributed by atoms with Crippen LogP contribution in [0.15, 0.2) is 239 Å². The Balaban J connectivity index is 1.11. The van der Waals surface area contributed by atoms with E-state index < -0.39 is 5.41 Å². The highest BCUT2D eigenvalue weighted by atomic mass is 16.3. The smallest absolute Gasteiger partial charge is 0.159 e. The third-order valence-corrected chi connectivity index (χ3v) is 17.6. The lowest BCUT2D eigenvalue weighted by molar-refractivity contribution is 0.668. The number of hydrogen-bond acceptors (Lipinski definition) is 4. The van der Waals surface area contributed by atoms with Crippen molar-refractivity contribution in [3.63, 3.8) is 0 Å². The van der Waals surface area contributed by atoms with Crippen LogP contribution in [0.2, 0.25) is 0 Å². The molecule has 0 saturated heterocycles. The lowest BCUT2D eigenvalue weighted by Gasteiger charge is -2.36. The summed E-state index contributed by atoms with van der Waals surface area (Å²) >= 11 is 0. The summed E-state index contributed by atoms with van der Waals surface area (Å²) in [7, 11) is 0. The maximum absolute atomic E-state index is 7.00. The molecule has 0 atom stereocenters. The molecule has 0 N–H and O–H groups in total. The number of aryl methyl sites for hydroxylation is 4. The fraction of sp³-hybridized carbons (Fsp3) is 0.0933. The topological polar surface area (TPSA) is 32.8 Å². The summed E-state index contributed by atoms with van der Waals surface area (Å²) in [4.78, 5) is 4.97. The minimum Gasteiger partial charge on any atom is -0.454 e. The first-order valence-electron chi connectivity index (χ1n) is 27.5. The molecule has 2 heterocycles. The first-order valence-corrected chi connectivity index (χ1v) is 27.5. The van der Waals surface area contributed by atoms with E-state index in [2.05, 4.69) is 282 Å². The van der Waals surface area contributed by atoms with E-state index in [1.165, 1.54) is 77.5 Å². The third-order valence-electron chi connectivity index (χ3n) is 17.6. The summed E-state index contributed by atoms with van der Waals surface area (Å²) in [6, 6.07) is 85.2. The Kier molecular flexibility index (Phi) is 10.5. The summed E-state index contributed by atoms with van der Waals surface area (Å²) in [5.41, 5.74) is 23.6. The molecule has 0 saturated carbocycles. The van der Waals surface area contributed by atoms with Crippen molar-refractivity contribution in [1.82, 2.24) is 0 Å². The van der Waals surface area contributed by atoms with E-state index >= 15 is 0 Å². The number of benzene rings is 12. The van der Waals surface area contributed by atoms with Crippen molar-refractivity contribution in [2.75, 3.05) is 9.80 Å². The monoisotopic (exact) mass is 1020 g/mol. The first-order chi connectivity index (χ1) is 38.7. The Morgan fingerprint density at radius 2 is 0.620 bits per heavy atom. The molecule has 0 unspecified atom stereocenters. The van der Waals surface area contributed by atoms with E-state index in [0.717, 1.165) is 88.8 Å². The Morgan fingerprint density at radius 3 is 1.01 bits per heavy atom. The SMILES string of the molecule is Cc1cc(N(c2cc3c(c4ccccc24)-c2c(cc(N(c4cc(C)c(C)c(C)c4)c4cccc5c4oc4ccccc45)c4ccccc24)C3(c2ccccc2)c2ccccc2)c2cccc3c2oc2ccccc23)cc(C)c1C. The van der Waals surface area contributed by atoms with Gasteiger partial charge in [-0.2, -0.15) is 0 Å². The van der Waals surface area contributed by atoms with Crippen LogP contribution in [0.4, 0.5) is 34.1 Å². The third kappa shape index (κ3) is 6.80. The van der Waals surface area contributed by atoms with E-state index in [-0.39, 0.29) is 0 Å². The molecule has 79 heavy (non-hydrogen) atoms. The van der Waals surface area contributed by atoms with Crippen molar-refractivity contribution in [3.05, 3.63) is 286 Å². The Bertz CT molecular complexity index is 4460. The zero-order valence-corrected chi connectivity index (χ0v) is 45.2. The molecule has 0 fully saturated rings. The van der Waals surface area contributed by atoms with Crippen LogP contribution >= 0.6 is 0 Å². The zero-order chi connectivity index (χ0) is 53.3. The number of para-hydroxylation sites is 4. The minimum absolute atomic E-state index is 0.822. The van der Waals surface area contributed by atoms with Gasteiger partial charge in [0.15, 0.2) is 11.2 Å². The van der Waals surface area contributed by atoms with Gasteiger partial charge in [-0.25, -0.2) is 0 Å². The van der Waals surface area contributed by atoms with Crippen LogP contribution < -0.4 is 9.80 Å². The molecular weight excluding hydrogens is 961 g/mol. The zero-order valence-electron chi connectivity index (χ0n) is 45.2. The van der Waals surface area contributed by atoms with Crippen molar-refractivity contribution < 1.29 is 8.83 Å². The lowest BCUT2D eigenvalue weighted by Crippen LogP contribution is -2.29. The summed E-state index contributed by atoms with van der Waals surface area (Å²) in [6.45, 7) is 13.4. The predicted molar refractivity (Wildman–Crippen MR) is 331 cm³/mol. The maximum atomic E-state index is 7.00. The molecule has 4 nitrogen and oxygen atoms in total. The fourth-order valence-electron chi connectivity index (χ4n) is 13.4. The van der Waals surface area contributed by atoms with Crippen LogP contribution in [-0.4, -0.2) is 0 Å². The van der Waals surface area contributed by atoms with Gasteiger partial charge < -0.3 is 18.6 Å². The number of nitrogens with zero attached hydrogens (tertiary/aromatic N) is 2. The summed E-state index contributed by atoms with van der Waals surface area (Å²) in [6.07, 6.45) is 0. The molecule has 14 aromatic rings. The van der Waals surface area contributed by atoms with Crippen molar-refractivity contribution >= 4 is 99.5 Å². The van der Waals surface area contributed by atoms with Gasteiger partial charge in [-0.1, -0.05) is 170 Å². The fourth-order valence-corrected chi connectivity index (χ4v) is 13.4. The second-order valence-electron chi connectivity index (χ2n) is 21.8. The molecule has 1 aliphatic carbocycles. The second kappa shape index (κ2) is 17.7. The van der Waals surface area contributed by atoms with Crippen molar-refractivity contribution in [3.8, 4) is 11.1 Å². The molecule has 2 aromatic heterocycles. The largest absolute Gasteiger partial charge is 0.454 e. The number of furan rings is 2. The van der Waals surface area contributed by atoms with E-state index in [1.54, 1.807) is 0 Å². The van der Waals surface area contributed by atoms with E-state index in [4.69, 9.17) is 8.83 Å². The number of anilines is 6. The molecule has 1 aliphatic rings. The van der Waals surface area contributed by atoms with Gasteiger partial charge in [0.1, 0.15) is 11.2 Å². The lowest BCUT2D eigenvalue weighted by atomic mass is 9.67. The maximum Gasteiger partial charge on any atom is 0.159 e. The van der Waals surface area contributed by atoms with Gasteiger partial charge in [0, 0.05) is 43.7 Å². The van der Waals surface area contributed by atoms with E-state index in [0.29, 0.717) is 0 Å². The van der Waals surface area contributed by atoms with Gasteiger partial charge in [0.25, 0.3) is 0 Å². The molecule has 0 bridgehead atoms. The van der Waals surface area contributed by atoms with Gasteiger partial charge >= 0.3 is 0 Å². The minimum atomic E-state index is -0.822. The van der Waals surface area contributed by atoms with Crippen molar-refractivity contribution in [2.24, 2.45) is 0 Å². The molecule has 15 rings (SSSR count). The predicted octanol–water partition coefficient (Wildman–Crippen LogP) is 20.9. The molecule has 378 valence electrons. The Morgan fingerprint density at radius 1 is 0.291 bits per heavy atom. The average molecular weight is 1020 g/mol. The highest BCUT2D eigenvalue weighted by molar-refractivity contribution is 6.20. The van der Waals surface area contributed by atoms with Crippen LogP contribution in [-0.2, 0) is 5.41 Å². The van der Waals surface area contributed by atoms with Crippen LogP contribution in [0.3, 0.4) is 0 Å². The standard InChI is InChI=1S/C75H56N2O2/c1-45-39-53(40-46(2)49(45)5)76(65-35-21-33-61-57-29-17-19-37-69(57)78-73(61)65)67-43-63-71(59-31-15-13-27-55(59)67)72-60-32-16-14-28-56(60)68(44-64(72)75(63,51-23-9-7-10-24-51)52-25-11-8-12-26-52)77(54-41-47(3)50(6)48(4)42-54)66-36-22-34-62-58-30-18-20-38-70(58)79-74(62)66/h7-44H,1-6H3. The molecule has 0 radical (unpaired) electrons. The number of rotatable bonds is 8. The van der Waals surface area contributed by atoms with Crippen molar-refractivity contribution in [1.29, 1.82) is 0 Å². The Hall–Kier alpha value is -9.64. The van der Waals surface area contributed by atoms with Crippen LogP contribution in [0.25, 0.3) is 76.5 Å². The highest BCUT2D eigenvalue weighted by Crippen LogP contribution is 2.63. The first kappa shape index (κ1) is 46.6. The number of fused-ring (bicyclic) bond motifs is 13. The van der Waals surface area contributed by atoms with Gasteiger partial charge in [0.2, 0.25) is 0 Å². The van der Waals surface area contributed by atoms with Gasteiger partial charge in [-0.3, -0.25) is 0 Å². The van der Waals surface area contributed by atoms with Crippen LogP contribution in [0.1, 0.15) is 55.6 Å². The van der Waals surface area contributed by atoms with E-state index in [9.17, 15) is 0 Å². The normalized spacial score (nSPS) is 12.8. The quantitative estimate of drug-likeness (QED) is 0.152. The molecule has 0 spiro atoms. The van der Waals surface area contributed by atoms with Gasteiger partial charge in [-0.05, 0) is 180 Å². The number of hydrogen-bond donors (Lipinski definition) is 0. The molecule has 0 amide bonds.